The van der Waals surface area contributed by atoms with Crippen molar-refractivity contribution in [2.45, 2.75) is 23.6 Å². The van der Waals surface area contributed by atoms with E-state index in [9.17, 15) is 26.7 Å². The number of benzene rings is 2. The van der Waals surface area contributed by atoms with Gasteiger partial charge in [-0.3, -0.25) is 4.31 Å². The Morgan fingerprint density at radius 2 is 1.56 bits per heavy atom. The normalized spacial score (nSPS) is 14.8. The summed E-state index contributed by atoms with van der Waals surface area (Å²) < 4.78 is 64.7. The van der Waals surface area contributed by atoms with Crippen molar-refractivity contribution in [3.8, 4) is 0 Å². The van der Waals surface area contributed by atoms with Gasteiger partial charge in [0.1, 0.15) is 4.90 Å². The van der Waals surface area contributed by atoms with Crippen LogP contribution in [0.4, 0.5) is 18.9 Å². The summed E-state index contributed by atoms with van der Waals surface area (Å²) in [5.41, 5.74) is -3.31. The Labute approximate surface area is 148 Å². The van der Waals surface area contributed by atoms with Crippen molar-refractivity contribution in [2.75, 3.05) is 11.4 Å². The SMILES string of the molecule is CN(c1ccc([C@](C)(O)C(F)(F)F)cc1)S(=O)(=O)c1ccccc1Cl. The van der Waals surface area contributed by atoms with Crippen LogP contribution in [0.25, 0.3) is 0 Å². The predicted molar refractivity (Wildman–Crippen MR) is 89.1 cm³/mol. The predicted octanol–water partition coefficient (Wildman–Crippen LogP) is 3.93. The Hall–Kier alpha value is -1.77. The molecule has 25 heavy (non-hydrogen) atoms. The minimum Gasteiger partial charge on any atom is -0.376 e. The molecule has 0 amide bonds. The molecule has 2 aromatic carbocycles. The van der Waals surface area contributed by atoms with E-state index in [4.69, 9.17) is 11.6 Å². The van der Waals surface area contributed by atoms with Crippen molar-refractivity contribution in [3.05, 3.63) is 59.1 Å². The monoisotopic (exact) mass is 393 g/mol. The summed E-state index contributed by atoms with van der Waals surface area (Å²) in [6.07, 6.45) is -4.86. The van der Waals surface area contributed by atoms with E-state index in [1.807, 2.05) is 0 Å². The van der Waals surface area contributed by atoms with Crippen molar-refractivity contribution in [1.29, 1.82) is 0 Å². The fourth-order valence-corrected chi connectivity index (χ4v) is 3.79. The summed E-state index contributed by atoms with van der Waals surface area (Å²) >= 11 is 5.91. The maximum Gasteiger partial charge on any atom is 0.421 e. The van der Waals surface area contributed by atoms with Crippen LogP contribution in [-0.4, -0.2) is 26.7 Å². The summed E-state index contributed by atoms with van der Waals surface area (Å²) in [4.78, 5) is -0.120. The highest BCUT2D eigenvalue weighted by molar-refractivity contribution is 7.93. The van der Waals surface area contributed by atoms with Gasteiger partial charge < -0.3 is 5.11 Å². The number of sulfonamides is 1. The first-order chi connectivity index (χ1) is 11.4. The number of rotatable bonds is 4. The smallest absolute Gasteiger partial charge is 0.376 e. The molecule has 0 aliphatic rings. The molecule has 1 atom stereocenters. The lowest BCUT2D eigenvalue weighted by Crippen LogP contribution is -2.39. The van der Waals surface area contributed by atoms with Crippen LogP contribution >= 0.6 is 11.6 Å². The van der Waals surface area contributed by atoms with Crippen molar-refractivity contribution >= 4 is 27.3 Å². The highest BCUT2D eigenvalue weighted by atomic mass is 35.5. The van der Waals surface area contributed by atoms with Gasteiger partial charge in [-0.2, -0.15) is 13.2 Å². The number of hydrogen-bond donors (Lipinski definition) is 1. The van der Waals surface area contributed by atoms with Crippen LogP contribution in [0, 0.1) is 0 Å². The second-order valence-corrected chi connectivity index (χ2v) is 7.86. The molecule has 0 saturated heterocycles. The minimum atomic E-state index is -4.86. The van der Waals surface area contributed by atoms with Crippen LogP contribution in [-0.2, 0) is 15.6 Å². The van der Waals surface area contributed by atoms with Gasteiger partial charge >= 0.3 is 6.18 Å². The van der Waals surface area contributed by atoms with Crippen LogP contribution in [0.5, 0.6) is 0 Å². The summed E-state index contributed by atoms with van der Waals surface area (Å²) in [6, 6.07) is 10.3. The molecule has 0 saturated carbocycles. The molecule has 0 aliphatic heterocycles. The van der Waals surface area contributed by atoms with Gasteiger partial charge in [-0.05, 0) is 36.8 Å². The van der Waals surface area contributed by atoms with E-state index < -0.39 is 27.4 Å². The quantitative estimate of drug-likeness (QED) is 0.856. The van der Waals surface area contributed by atoms with E-state index >= 15 is 0 Å². The summed E-state index contributed by atoms with van der Waals surface area (Å²) in [5, 5.41) is 9.69. The molecule has 1 N–H and O–H groups in total. The Morgan fingerprint density at radius 3 is 2.04 bits per heavy atom. The van der Waals surface area contributed by atoms with Crippen molar-refractivity contribution < 1.29 is 26.7 Å². The lowest BCUT2D eigenvalue weighted by atomic mass is 9.95. The summed E-state index contributed by atoms with van der Waals surface area (Å²) in [7, 11) is -2.72. The standard InChI is InChI=1S/C16H15ClF3NO3S/c1-15(22,16(18,19)20)11-7-9-12(10-8-11)21(2)25(23,24)14-6-4-3-5-13(14)17/h3-10,22H,1-2H3/t15-/m0/s1. The van der Waals surface area contributed by atoms with E-state index in [0.717, 1.165) is 16.4 Å². The zero-order valence-electron chi connectivity index (χ0n) is 13.2. The van der Waals surface area contributed by atoms with Crippen LogP contribution in [0.2, 0.25) is 5.02 Å². The third-order valence-corrected chi connectivity index (χ3v) is 6.11. The largest absolute Gasteiger partial charge is 0.421 e. The molecule has 0 aromatic heterocycles. The molecular formula is C16H15ClF3NO3S. The van der Waals surface area contributed by atoms with Crippen molar-refractivity contribution in [3.63, 3.8) is 0 Å². The fraction of sp³-hybridized carbons (Fsp3) is 0.250. The Balaban J connectivity index is 2.39. The number of halogens is 4. The molecule has 0 heterocycles. The maximum absolute atomic E-state index is 12.9. The molecule has 9 heteroatoms. The topological polar surface area (TPSA) is 57.6 Å². The van der Waals surface area contributed by atoms with Gasteiger partial charge in [0.15, 0.2) is 5.60 Å². The number of aliphatic hydroxyl groups is 1. The third kappa shape index (κ3) is 3.61. The molecule has 0 unspecified atom stereocenters. The van der Waals surface area contributed by atoms with E-state index in [1.54, 1.807) is 6.07 Å². The third-order valence-electron chi connectivity index (χ3n) is 3.82. The molecular weight excluding hydrogens is 379 g/mol. The average Bonchev–Trinajstić information content (AvgIpc) is 2.53. The molecule has 0 bridgehead atoms. The van der Waals surface area contributed by atoms with Gasteiger partial charge in [-0.15, -0.1) is 0 Å². The second-order valence-electron chi connectivity index (χ2n) is 5.52. The van der Waals surface area contributed by atoms with Gasteiger partial charge in [-0.25, -0.2) is 8.42 Å². The van der Waals surface area contributed by atoms with Gasteiger partial charge in [0.2, 0.25) is 0 Å². The Morgan fingerprint density at radius 1 is 1.04 bits per heavy atom. The molecule has 0 spiro atoms. The van der Waals surface area contributed by atoms with Crippen molar-refractivity contribution in [2.24, 2.45) is 0 Å². The number of anilines is 1. The van der Waals surface area contributed by atoms with Crippen LogP contribution in [0.3, 0.4) is 0 Å². The Kier molecular flexibility index (Phi) is 5.09. The minimum absolute atomic E-state index is 0.0333. The zero-order valence-corrected chi connectivity index (χ0v) is 14.8. The van der Waals surface area contributed by atoms with Crippen LogP contribution < -0.4 is 4.31 Å². The summed E-state index contributed by atoms with van der Waals surface area (Å²) in [5.74, 6) is 0. The average molecular weight is 394 g/mol. The second kappa shape index (κ2) is 6.51. The van der Waals surface area contributed by atoms with E-state index in [1.165, 1.54) is 37.4 Å². The molecule has 0 aliphatic carbocycles. The Bertz CT molecular complexity index is 865. The number of hydrogen-bond acceptors (Lipinski definition) is 3. The first-order valence-corrected chi connectivity index (χ1v) is 8.84. The van der Waals surface area contributed by atoms with Crippen LogP contribution in [0.1, 0.15) is 12.5 Å². The van der Waals surface area contributed by atoms with E-state index in [0.29, 0.717) is 6.92 Å². The lowest BCUT2D eigenvalue weighted by molar-refractivity contribution is -0.258. The molecule has 2 aromatic rings. The first-order valence-electron chi connectivity index (χ1n) is 7.02. The fourth-order valence-electron chi connectivity index (χ4n) is 2.10. The molecule has 0 radical (unpaired) electrons. The van der Waals surface area contributed by atoms with Gasteiger partial charge in [0.25, 0.3) is 10.0 Å². The summed E-state index contributed by atoms with van der Waals surface area (Å²) in [6.45, 7) is 0.631. The highest BCUT2D eigenvalue weighted by Gasteiger charge is 2.51. The molecule has 0 fully saturated rings. The van der Waals surface area contributed by atoms with Gasteiger partial charge in [0.05, 0.1) is 10.7 Å². The lowest BCUT2D eigenvalue weighted by Gasteiger charge is -2.27. The molecule has 2 rings (SSSR count). The van der Waals surface area contributed by atoms with Crippen LogP contribution in [0.15, 0.2) is 53.4 Å². The first kappa shape index (κ1) is 19.6. The maximum atomic E-state index is 12.9. The number of nitrogens with zero attached hydrogens (tertiary/aromatic N) is 1. The van der Waals surface area contributed by atoms with E-state index in [-0.39, 0.29) is 15.6 Å². The van der Waals surface area contributed by atoms with Gasteiger partial charge in [0, 0.05) is 7.05 Å². The zero-order chi connectivity index (χ0) is 19.0. The highest BCUT2D eigenvalue weighted by Crippen LogP contribution is 2.39. The molecule has 4 nitrogen and oxygen atoms in total. The van der Waals surface area contributed by atoms with Gasteiger partial charge in [-0.1, -0.05) is 35.9 Å². The number of alkyl halides is 3. The molecule has 136 valence electrons. The van der Waals surface area contributed by atoms with Crippen molar-refractivity contribution in [1.82, 2.24) is 0 Å². The van der Waals surface area contributed by atoms with E-state index in [2.05, 4.69) is 0 Å².